The molecule has 1 atom stereocenters. The Bertz CT molecular complexity index is 431. The largest absolute Gasteiger partial charge is 0.381 e. The molecule has 98 valence electrons. The third kappa shape index (κ3) is 3.87. The van der Waals surface area contributed by atoms with E-state index in [4.69, 9.17) is 27.9 Å². The number of nitrogens with one attached hydrogen (secondary N) is 1. The van der Waals surface area contributed by atoms with E-state index < -0.39 is 0 Å². The average Bonchev–Trinajstić information content (AvgIpc) is 2.35. The standard InChI is InChI=1S/C13H15Cl2NO2/c14-10-3-4-11(15)12(7-10)16-13(17)6-9-2-1-5-18-8-9/h3-4,7,9H,1-2,5-6,8H2,(H,16,17). The lowest BCUT2D eigenvalue weighted by atomic mass is 9.98. The summed E-state index contributed by atoms with van der Waals surface area (Å²) in [5.41, 5.74) is 0.561. The van der Waals surface area contributed by atoms with Gasteiger partial charge in [-0.25, -0.2) is 0 Å². The van der Waals surface area contributed by atoms with Crippen molar-refractivity contribution in [3.05, 3.63) is 28.2 Å². The zero-order valence-corrected chi connectivity index (χ0v) is 11.4. The van der Waals surface area contributed by atoms with Crippen LogP contribution in [0.5, 0.6) is 0 Å². The first kappa shape index (κ1) is 13.7. The number of benzene rings is 1. The van der Waals surface area contributed by atoms with Crippen LogP contribution in [0.2, 0.25) is 10.0 Å². The molecule has 1 aromatic carbocycles. The van der Waals surface area contributed by atoms with Crippen LogP contribution in [0.4, 0.5) is 5.69 Å². The van der Waals surface area contributed by atoms with E-state index in [1.54, 1.807) is 18.2 Å². The van der Waals surface area contributed by atoms with Gasteiger partial charge in [0, 0.05) is 24.7 Å². The van der Waals surface area contributed by atoms with Gasteiger partial charge in [-0.05, 0) is 37.0 Å². The lowest BCUT2D eigenvalue weighted by Crippen LogP contribution is -2.23. The van der Waals surface area contributed by atoms with Crippen molar-refractivity contribution in [3.63, 3.8) is 0 Å². The SMILES string of the molecule is O=C(CC1CCCOC1)Nc1cc(Cl)ccc1Cl. The second-order valence-electron chi connectivity index (χ2n) is 4.46. The Morgan fingerprint density at radius 3 is 3.00 bits per heavy atom. The summed E-state index contributed by atoms with van der Waals surface area (Å²) in [6, 6.07) is 5.01. The molecule has 3 nitrogen and oxygen atoms in total. The van der Waals surface area contributed by atoms with Gasteiger partial charge in [0.05, 0.1) is 10.7 Å². The highest BCUT2D eigenvalue weighted by molar-refractivity contribution is 6.35. The minimum atomic E-state index is -0.0466. The summed E-state index contributed by atoms with van der Waals surface area (Å²) in [6.07, 6.45) is 2.52. The molecule has 0 aromatic heterocycles. The van der Waals surface area contributed by atoms with E-state index in [0.717, 1.165) is 19.4 Å². The maximum Gasteiger partial charge on any atom is 0.224 e. The van der Waals surface area contributed by atoms with Crippen LogP contribution >= 0.6 is 23.2 Å². The molecule has 2 rings (SSSR count). The van der Waals surface area contributed by atoms with Gasteiger partial charge >= 0.3 is 0 Å². The molecule has 1 unspecified atom stereocenters. The van der Waals surface area contributed by atoms with Crippen molar-refractivity contribution in [2.24, 2.45) is 5.92 Å². The fourth-order valence-electron chi connectivity index (χ4n) is 2.03. The average molecular weight is 288 g/mol. The van der Waals surface area contributed by atoms with Crippen molar-refractivity contribution in [1.29, 1.82) is 0 Å². The predicted molar refractivity (Wildman–Crippen MR) is 73.3 cm³/mol. The highest BCUT2D eigenvalue weighted by atomic mass is 35.5. The van der Waals surface area contributed by atoms with Gasteiger partial charge in [-0.3, -0.25) is 4.79 Å². The summed E-state index contributed by atoms with van der Waals surface area (Å²) in [5, 5.41) is 3.83. The van der Waals surface area contributed by atoms with Gasteiger partial charge in [-0.15, -0.1) is 0 Å². The van der Waals surface area contributed by atoms with Crippen LogP contribution in [0.1, 0.15) is 19.3 Å². The van der Waals surface area contributed by atoms with E-state index in [-0.39, 0.29) is 5.91 Å². The Morgan fingerprint density at radius 1 is 1.44 bits per heavy atom. The molecule has 0 aliphatic carbocycles. The van der Waals surface area contributed by atoms with E-state index in [1.807, 2.05) is 0 Å². The molecule has 1 saturated heterocycles. The summed E-state index contributed by atoms with van der Waals surface area (Å²) in [5.74, 6) is 0.256. The van der Waals surface area contributed by atoms with Crippen molar-refractivity contribution in [2.45, 2.75) is 19.3 Å². The fraction of sp³-hybridized carbons (Fsp3) is 0.462. The van der Waals surface area contributed by atoms with Gasteiger partial charge in [0.15, 0.2) is 0 Å². The number of rotatable bonds is 3. The third-order valence-corrected chi connectivity index (χ3v) is 3.50. The van der Waals surface area contributed by atoms with Crippen molar-refractivity contribution < 1.29 is 9.53 Å². The number of carbonyl (C=O) groups excluding carboxylic acids is 1. The first-order chi connectivity index (χ1) is 8.65. The summed E-state index contributed by atoms with van der Waals surface area (Å²) in [4.78, 5) is 11.9. The van der Waals surface area contributed by atoms with Gasteiger partial charge in [0.1, 0.15) is 0 Å². The van der Waals surface area contributed by atoms with Crippen LogP contribution in [-0.2, 0) is 9.53 Å². The van der Waals surface area contributed by atoms with E-state index in [0.29, 0.717) is 34.7 Å². The van der Waals surface area contributed by atoms with E-state index >= 15 is 0 Å². The zero-order chi connectivity index (χ0) is 13.0. The van der Waals surface area contributed by atoms with Crippen molar-refractivity contribution in [1.82, 2.24) is 0 Å². The number of amides is 1. The smallest absolute Gasteiger partial charge is 0.224 e. The monoisotopic (exact) mass is 287 g/mol. The third-order valence-electron chi connectivity index (χ3n) is 2.93. The molecule has 0 spiro atoms. The number of carbonyl (C=O) groups is 1. The van der Waals surface area contributed by atoms with Crippen LogP contribution < -0.4 is 5.32 Å². The Kier molecular flexibility index (Phi) is 4.87. The molecule has 1 aromatic rings. The van der Waals surface area contributed by atoms with Crippen LogP contribution in [-0.4, -0.2) is 19.1 Å². The van der Waals surface area contributed by atoms with Crippen LogP contribution in [0.3, 0.4) is 0 Å². The number of ether oxygens (including phenoxy) is 1. The molecule has 0 radical (unpaired) electrons. The first-order valence-corrected chi connectivity index (χ1v) is 6.73. The predicted octanol–water partition coefficient (Wildman–Crippen LogP) is 3.75. The van der Waals surface area contributed by atoms with Crippen LogP contribution in [0.25, 0.3) is 0 Å². The molecule has 18 heavy (non-hydrogen) atoms. The molecule has 0 saturated carbocycles. The molecule has 1 aliphatic rings. The molecule has 1 heterocycles. The van der Waals surface area contributed by atoms with Gasteiger partial charge in [0.25, 0.3) is 0 Å². The quantitative estimate of drug-likeness (QED) is 0.920. The minimum Gasteiger partial charge on any atom is -0.381 e. The maximum atomic E-state index is 11.9. The molecular weight excluding hydrogens is 273 g/mol. The second kappa shape index (κ2) is 6.41. The molecule has 1 N–H and O–H groups in total. The lowest BCUT2D eigenvalue weighted by Gasteiger charge is -2.21. The maximum absolute atomic E-state index is 11.9. The van der Waals surface area contributed by atoms with Gasteiger partial charge in [-0.1, -0.05) is 23.2 Å². The molecule has 0 bridgehead atoms. The van der Waals surface area contributed by atoms with E-state index in [9.17, 15) is 4.79 Å². The van der Waals surface area contributed by atoms with Gasteiger partial charge < -0.3 is 10.1 Å². The number of anilines is 1. The number of halogens is 2. The molecular formula is C13H15Cl2NO2. The van der Waals surface area contributed by atoms with Crippen LogP contribution in [0.15, 0.2) is 18.2 Å². The molecule has 5 heteroatoms. The molecule has 1 aliphatic heterocycles. The molecule has 1 fully saturated rings. The lowest BCUT2D eigenvalue weighted by molar-refractivity contribution is -0.118. The summed E-state index contributed by atoms with van der Waals surface area (Å²) in [6.45, 7) is 1.47. The molecule has 1 amide bonds. The van der Waals surface area contributed by atoms with E-state index in [1.165, 1.54) is 0 Å². The topological polar surface area (TPSA) is 38.3 Å². The van der Waals surface area contributed by atoms with E-state index in [2.05, 4.69) is 5.32 Å². The highest BCUT2D eigenvalue weighted by Crippen LogP contribution is 2.26. The summed E-state index contributed by atoms with van der Waals surface area (Å²) >= 11 is 11.8. The number of hydrogen-bond donors (Lipinski definition) is 1. The first-order valence-electron chi connectivity index (χ1n) is 5.98. The Labute approximate surface area is 116 Å². The van der Waals surface area contributed by atoms with Crippen molar-refractivity contribution in [2.75, 3.05) is 18.5 Å². The normalized spacial score (nSPS) is 19.6. The fourth-order valence-corrected chi connectivity index (χ4v) is 2.36. The van der Waals surface area contributed by atoms with Crippen molar-refractivity contribution >= 4 is 34.8 Å². The second-order valence-corrected chi connectivity index (χ2v) is 5.30. The Hall–Kier alpha value is -0.770. The summed E-state index contributed by atoms with van der Waals surface area (Å²) < 4.78 is 5.35. The highest BCUT2D eigenvalue weighted by Gasteiger charge is 2.18. The number of hydrogen-bond acceptors (Lipinski definition) is 2. The summed E-state index contributed by atoms with van der Waals surface area (Å²) in [7, 11) is 0. The minimum absolute atomic E-state index is 0.0466. The Morgan fingerprint density at radius 2 is 2.28 bits per heavy atom. The van der Waals surface area contributed by atoms with Crippen molar-refractivity contribution in [3.8, 4) is 0 Å². The zero-order valence-electron chi connectivity index (χ0n) is 9.92. The van der Waals surface area contributed by atoms with Gasteiger partial charge in [-0.2, -0.15) is 0 Å². The van der Waals surface area contributed by atoms with Gasteiger partial charge in [0.2, 0.25) is 5.91 Å². The Balaban J connectivity index is 1.92. The van der Waals surface area contributed by atoms with Crippen LogP contribution in [0, 0.1) is 5.92 Å².